The summed E-state index contributed by atoms with van der Waals surface area (Å²) in [6.45, 7) is 8.20. The van der Waals surface area contributed by atoms with Crippen LogP contribution in [-0.4, -0.2) is 56.2 Å². The van der Waals surface area contributed by atoms with Gasteiger partial charge in [-0.2, -0.15) is 0 Å². The van der Waals surface area contributed by atoms with Crippen LogP contribution in [0.25, 0.3) is 0 Å². The Morgan fingerprint density at radius 2 is 1.61 bits per heavy atom. The minimum atomic E-state index is -0.696. The summed E-state index contributed by atoms with van der Waals surface area (Å²) in [5, 5.41) is 5.60. The number of nitrogens with zero attached hydrogens (tertiary/aromatic N) is 1. The van der Waals surface area contributed by atoms with E-state index in [4.69, 9.17) is 4.74 Å². The molecule has 1 rings (SSSR count). The summed E-state index contributed by atoms with van der Waals surface area (Å²) in [6, 6.07) is 8.56. The van der Waals surface area contributed by atoms with Crippen molar-refractivity contribution in [2.45, 2.75) is 58.4 Å². The molecule has 0 aliphatic rings. The summed E-state index contributed by atoms with van der Waals surface area (Å²) in [4.78, 5) is 26.7. The molecule has 0 aliphatic heterocycles. The van der Waals surface area contributed by atoms with E-state index in [-0.39, 0.29) is 6.03 Å². The van der Waals surface area contributed by atoms with Crippen LogP contribution in [0.4, 0.5) is 4.79 Å². The second-order valence-corrected chi connectivity index (χ2v) is 7.07. The molecule has 1 aromatic carbocycles. The van der Waals surface area contributed by atoms with Gasteiger partial charge in [-0.05, 0) is 44.5 Å². The number of unbranched alkanes of at least 4 members (excludes halogenated alkanes) is 2. The number of nitrogens with one attached hydrogen (secondary N) is 2. The van der Waals surface area contributed by atoms with Gasteiger partial charge in [0.25, 0.3) is 0 Å². The second-order valence-electron chi connectivity index (χ2n) is 7.07. The van der Waals surface area contributed by atoms with Gasteiger partial charge in [0.2, 0.25) is 0 Å². The quantitative estimate of drug-likeness (QED) is 0.377. The third-order valence-corrected chi connectivity index (χ3v) is 4.67. The number of hydrogen-bond acceptors (Lipinski definition) is 4. The third-order valence-electron chi connectivity index (χ3n) is 4.67. The van der Waals surface area contributed by atoms with Gasteiger partial charge in [-0.1, -0.05) is 57.0 Å². The molecule has 0 saturated carbocycles. The van der Waals surface area contributed by atoms with Crippen molar-refractivity contribution in [3.05, 3.63) is 35.9 Å². The molecule has 1 aromatic rings. The average molecular weight is 392 g/mol. The Morgan fingerprint density at radius 1 is 1.00 bits per heavy atom. The standard InChI is InChI=1S/C22H37N3O3/c1-4-6-15-25(16-7-5-2)17-11-14-23-22(27)24-20(21(26)28-3)18-19-12-9-8-10-13-19/h8-10,12-13,20H,4-7,11,14-18H2,1-3H3,(H2,23,24,27). The first kappa shape index (κ1) is 24.0. The number of carbonyl (C=O) groups is 2. The topological polar surface area (TPSA) is 70.7 Å². The fraction of sp³-hybridized carbons (Fsp3) is 0.636. The molecule has 2 N–H and O–H groups in total. The molecule has 0 fully saturated rings. The predicted octanol–water partition coefficient (Wildman–Crippen LogP) is 3.36. The summed E-state index contributed by atoms with van der Waals surface area (Å²) < 4.78 is 4.83. The smallest absolute Gasteiger partial charge is 0.328 e. The largest absolute Gasteiger partial charge is 0.467 e. The van der Waals surface area contributed by atoms with Crippen LogP contribution in [0.2, 0.25) is 0 Å². The Balaban J connectivity index is 2.39. The van der Waals surface area contributed by atoms with E-state index < -0.39 is 12.0 Å². The molecule has 0 radical (unpaired) electrons. The molecule has 28 heavy (non-hydrogen) atoms. The molecule has 1 atom stereocenters. The number of amides is 2. The first-order chi connectivity index (χ1) is 13.6. The molecule has 0 aliphatic carbocycles. The lowest BCUT2D eigenvalue weighted by Gasteiger charge is -2.22. The van der Waals surface area contributed by atoms with Crippen molar-refractivity contribution >= 4 is 12.0 Å². The maximum absolute atomic E-state index is 12.2. The van der Waals surface area contributed by atoms with Gasteiger partial charge in [-0.3, -0.25) is 0 Å². The van der Waals surface area contributed by atoms with Crippen molar-refractivity contribution in [1.29, 1.82) is 0 Å². The Labute approximate surface area is 170 Å². The number of ether oxygens (including phenoxy) is 1. The molecule has 1 unspecified atom stereocenters. The fourth-order valence-corrected chi connectivity index (χ4v) is 3.00. The van der Waals surface area contributed by atoms with Crippen LogP contribution in [-0.2, 0) is 16.0 Å². The summed E-state index contributed by atoms with van der Waals surface area (Å²) in [6.07, 6.45) is 6.10. The van der Waals surface area contributed by atoms with Gasteiger partial charge in [0.1, 0.15) is 6.04 Å². The predicted molar refractivity (Wildman–Crippen MR) is 113 cm³/mol. The van der Waals surface area contributed by atoms with Crippen molar-refractivity contribution in [2.75, 3.05) is 33.3 Å². The lowest BCUT2D eigenvalue weighted by Crippen LogP contribution is -2.48. The maximum atomic E-state index is 12.2. The van der Waals surface area contributed by atoms with Gasteiger partial charge < -0.3 is 20.3 Å². The zero-order valence-electron chi connectivity index (χ0n) is 17.7. The summed E-state index contributed by atoms with van der Waals surface area (Å²) in [5.74, 6) is -0.440. The van der Waals surface area contributed by atoms with E-state index in [1.165, 1.54) is 32.8 Å². The molecule has 0 saturated heterocycles. The van der Waals surface area contributed by atoms with Crippen LogP contribution in [0.5, 0.6) is 0 Å². The number of methoxy groups -OCH3 is 1. The van der Waals surface area contributed by atoms with Crippen molar-refractivity contribution in [1.82, 2.24) is 15.5 Å². The van der Waals surface area contributed by atoms with Crippen LogP contribution in [0, 0.1) is 0 Å². The molecular weight excluding hydrogens is 354 g/mol. The number of urea groups is 1. The zero-order valence-corrected chi connectivity index (χ0v) is 17.7. The van der Waals surface area contributed by atoms with Crippen LogP contribution in [0.3, 0.4) is 0 Å². The number of benzene rings is 1. The Bertz CT molecular complexity index is 543. The summed E-state index contributed by atoms with van der Waals surface area (Å²) >= 11 is 0. The van der Waals surface area contributed by atoms with E-state index >= 15 is 0 Å². The highest BCUT2D eigenvalue weighted by Crippen LogP contribution is 2.05. The Hall–Kier alpha value is -2.08. The van der Waals surface area contributed by atoms with E-state index in [2.05, 4.69) is 29.4 Å². The molecule has 2 amide bonds. The van der Waals surface area contributed by atoms with Gasteiger partial charge in [0.05, 0.1) is 7.11 Å². The molecule has 6 nitrogen and oxygen atoms in total. The Morgan fingerprint density at radius 3 is 2.18 bits per heavy atom. The lowest BCUT2D eigenvalue weighted by atomic mass is 10.1. The number of esters is 1. The highest BCUT2D eigenvalue weighted by Gasteiger charge is 2.21. The van der Waals surface area contributed by atoms with Gasteiger partial charge in [0.15, 0.2) is 0 Å². The molecule has 0 bridgehead atoms. The first-order valence-corrected chi connectivity index (χ1v) is 10.5. The summed E-state index contributed by atoms with van der Waals surface area (Å²) in [7, 11) is 1.33. The number of rotatable bonds is 14. The van der Waals surface area contributed by atoms with E-state index in [1.807, 2.05) is 30.3 Å². The third kappa shape index (κ3) is 10.3. The minimum Gasteiger partial charge on any atom is -0.467 e. The maximum Gasteiger partial charge on any atom is 0.328 e. The van der Waals surface area contributed by atoms with Gasteiger partial charge in [0, 0.05) is 13.0 Å². The monoisotopic (exact) mass is 391 g/mol. The van der Waals surface area contributed by atoms with Crippen LogP contribution >= 0.6 is 0 Å². The Kier molecular flexibility index (Phi) is 12.8. The average Bonchev–Trinajstić information content (AvgIpc) is 2.72. The molecule has 0 spiro atoms. The van der Waals surface area contributed by atoms with Gasteiger partial charge >= 0.3 is 12.0 Å². The SMILES string of the molecule is CCCCN(CCCC)CCCNC(=O)NC(Cc1ccccc1)C(=O)OC. The second kappa shape index (κ2) is 14.9. The van der Waals surface area contributed by atoms with E-state index in [0.29, 0.717) is 13.0 Å². The number of hydrogen-bond donors (Lipinski definition) is 2. The van der Waals surface area contributed by atoms with E-state index in [9.17, 15) is 9.59 Å². The van der Waals surface area contributed by atoms with Gasteiger partial charge in [-0.25, -0.2) is 9.59 Å². The molecular formula is C22H37N3O3. The number of carbonyl (C=O) groups excluding carboxylic acids is 2. The zero-order chi connectivity index (χ0) is 20.6. The van der Waals surface area contributed by atoms with Crippen molar-refractivity contribution < 1.29 is 14.3 Å². The molecule has 6 heteroatoms. The lowest BCUT2D eigenvalue weighted by molar-refractivity contribution is -0.142. The molecule has 0 aromatic heterocycles. The first-order valence-electron chi connectivity index (χ1n) is 10.5. The van der Waals surface area contributed by atoms with Crippen molar-refractivity contribution in [3.8, 4) is 0 Å². The summed E-state index contributed by atoms with van der Waals surface area (Å²) in [5.41, 5.74) is 0.973. The molecule has 0 heterocycles. The van der Waals surface area contributed by atoms with Crippen LogP contribution in [0.1, 0.15) is 51.5 Å². The minimum absolute atomic E-state index is 0.333. The van der Waals surface area contributed by atoms with Crippen LogP contribution in [0.15, 0.2) is 30.3 Å². The molecule has 158 valence electrons. The highest BCUT2D eigenvalue weighted by atomic mass is 16.5. The fourth-order valence-electron chi connectivity index (χ4n) is 3.00. The van der Waals surface area contributed by atoms with Crippen LogP contribution < -0.4 is 10.6 Å². The normalized spacial score (nSPS) is 11.9. The van der Waals surface area contributed by atoms with E-state index in [0.717, 1.165) is 31.6 Å². The van der Waals surface area contributed by atoms with Crippen molar-refractivity contribution in [3.63, 3.8) is 0 Å². The van der Waals surface area contributed by atoms with Gasteiger partial charge in [-0.15, -0.1) is 0 Å². The highest BCUT2D eigenvalue weighted by molar-refractivity contribution is 5.83. The van der Waals surface area contributed by atoms with Crippen molar-refractivity contribution in [2.24, 2.45) is 0 Å². The van der Waals surface area contributed by atoms with E-state index in [1.54, 1.807) is 0 Å².